The molecule has 8 rings (SSSR count). The third-order valence-electron chi connectivity index (χ3n) is 10.2. The standard InChI is InChI=1S/C36H39N7O3/c1-20(44)38-17-21-6-8-23(9-7-21)27-12-10-24-15-30(42(34(24)39-27)18-22-4-5-22)35-40-28-14-26(16-31(46-3)33(28)41(35)2)36(45)43-19-25-11-13-29(43)32(25)37/h6-10,12,14-16,22,25,29,32H,4-5,11,13,17-19,37H2,1-3H3,(H,38,44)/t25-,29-,32-/m1/s1. The third kappa shape index (κ3) is 4.83. The number of imidazole rings is 1. The third-order valence-corrected chi connectivity index (χ3v) is 10.2. The molecular weight excluding hydrogens is 578 g/mol. The lowest BCUT2D eigenvalue weighted by Crippen LogP contribution is -2.41. The van der Waals surface area contributed by atoms with Crippen molar-refractivity contribution in [2.75, 3.05) is 13.7 Å². The summed E-state index contributed by atoms with van der Waals surface area (Å²) in [5.41, 5.74) is 13.5. The zero-order valence-corrected chi connectivity index (χ0v) is 26.5. The first-order valence-electron chi connectivity index (χ1n) is 16.2. The molecule has 0 spiro atoms. The topological polar surface area (TPSA) is 120 Å². The molecule has 1 saturated heterocycles. The first-order valence-corrected chi connectivity index (χ1v) is 16.2. The van der Waals surface area contributed by atoms with Crippen molar-refractivity contribution in [3.8, 4) is 28.5 Å². The number of amides is 2. The molecule has 1 aliphatic heterocycles. The molecule has 5 aromatic rings. The fourth-order valence-corrected chi connectivity index (χ4v) is 7.50. The number of carbonyl (C=O) groups excluding carboxylic acids is 2. The molecule has 3 fully saturated rings. The van der Waals surface area contributed by atoms with Gasteiger partial charge in [-0.25, -0.2) is 9.97 Å². The zero-order chi connectivity index (χ0) is 31.7. The van der Waals surface area contributed by atoms with Gasteiger partial charge in [0, 0.05) is 62.2 Å². The van der Waals surface area contributed by atoms with E-state index in [0.717, 1.165) is 76.3 Å². The van der Waals surface area contributed by atoms with E-state index >= 15 is 0 Å². The number of hydrogen-bond acceptors (Lipinski definition) is 6. The Balaban J connectivity index is 1.18. The van der Waals surface area contributed by atoms with E-state index in [1.54, 1.807) is 7.11 Å². The molecule has 46 heavy (non-hydrogen) atoms. The Labute approximate surface area is 267 Å². The number of piperidine rings is 1. The van der Waals surface area contributed by atoms with E-state index in [-0.39, 0.29) is 23.9 Å². The molecule has 3 aromatic heterocycles. The highest BCUT2D eigenvalue weighted by atomic mass is 16.5. The molecule has 2 bridgehead atoms. The maximum absolute atomic E-state index is 13.7. The van der Waals surface area contributed by atoms with Crippen LogP contribution in [0.15, 0.2) is 54.6 Å². The highest BCUT2D eigenvalue weighted by molar-refractivity contribution is 6.00. The van der Waals surface area contributed by atoms with Crippen LogP contribution in [0.5, 0.6) is 5.75 Å². The number of fused-ring (bicyclic) bond motifs is 4. The molecule has 10 heteroatoms. The number of carbonyl (C=O) groups is 2. The van der Waals surface area contributed by atoms with Crippen molar-refractivity contribution < 1.29 is 14.3 Å². The molecular formula is C36H39N7O3. The smallest absolute Gasteiger partial charge is 0.254 e. The van der Waals surface area contributed by atoms with Crippen LogP contribution in [0.1, 0.15) is 48.5 Å². The van der Waals surface area contributed by atoms with Crippen LogP contribution in [0.4, 0.5) is 0 Å². The van der Waals surface area contributed by atoms with Crippen LogP contribution in [0.25, 0.3) is 44.8 Å². The number of pyridine rings is 1. The van der Waals surface area contributed by atoms with E-state index in [1.807, 2.05) is 36.2 Å². The number of likely N-dealkylation sites (tertiary alicyclic amines) is 1. The number of aromatic nitrogens is 4. The van der Waals surface area contributed by atoms with Crippen molar-refractivity contribution in [2.24, 2.45) is 24.6 Å². The summed E-state index contributed by atoms with van der Waals surface area (Å²) < 4.78 is 10.2. The molecule has 3 aliphatic rings. The van der Waals surface area contributed by atoms with E-state index in [2.05, 4.69) is 44.8 Å². The van der Waals surface area contributed by atoms with Crippen LogP contribution >= 0.6 is 0 Å². The highest BCUT2D eigenvalue weighted by Gasteiger charge is 2.47. The fraction of sp³-hybridized carbons (Fsp3) is 0.389. The van der Waals surface area contributed by atoms with Crippen molar-refractivity contribution in [1.29, 1.82) is 0 Å². The van der Waals surface area contributed by atoms with Crippen molar-refractivity contribution in [2.45, 2.75) is 57.8 Å². The maximum atomic E-state index is 13.7. The van der Waals surface area contributed by atoms with Crippen molar-refractivity contribution in [1.82, 2.24) is 29.3 Å². The first kappa shape index (κ1) is 28.8. The van der Waals surface area contributed by atoms with Gasteiger partial charge in [-0.15, -0.1) is 0 Å². The number of aryl methyl sites for hydroxylation is 1. The summed E-state index contributed by atoms with van der Waals surface area (Å²) in [5.74, 6) is 2.39. The van der Waals surface area contributed by atoms with Crippen LogP contribution in [0.2, 0.25) is 0 Å². The summed E-state index contributed by atoms with van der Waals surface area (Å²) in [6.45, 7) is 3.61. The molecule has 2 aromatic carbocycles. The Morgan fingerprint density at radius 1 is 1.02 bits per heavy atom. The number of rotatable bonds is 8. The Hall–Kier alpha value is -4.70. The van der Waals surface area contributed by atoms with Crippen molar-refractivity contribution in [3.63, 3.8) is 0 Å². The maximum Gasteiger partial charge on any atom is 0.254 e. The van der Waals surface area contributed by atoms with Crippen LogP contribution in [-0.2, 0) is 24.9 Å². The van der Waals surface area contributed by atoms with Gasteiger partial charge in [-0.05, 0) is 73.4 Å². The van der Waals surface area contributed by atoms with Gasteiger partial charge in [0.2, 0.25) is 5.91 Å². The minimum absolute atomic E-state index is 0.00206. The van der Waals surface area contributed by atoms with Crippen molar-refractivity contribution >= 4 is 33.9 Å². The minimum Gasteiger partial charge on any atom is -0.494 e. The summed E-state index contributed by atoms with van der Waals surface area (Å²) >= 11 is 0. The molecule has 2 saturated carbocycles. The number of hydrogen-bond donors (Lipinski definition) is 2. The lowest BCUT2D eigenvalue weighted by molar-refractivity contribution is -0.119. The van der Waals surface area contributed by atoms with Gasteiger partial charge >= 0.3 is 0 Å². The molecule has 10 nitrogen and oxygen atoms in total. The fourth-order valence-electron chi connectivity index (χ4n) is 7.50. The number of nitrogens with zero attached hydrogens (tertiary/aromatic N) is 5. The Morgan fingerprint density at radius 2 is 1.83 bits per heavy atom. The zero-order valence-electron chi connectivity index (χ0n) is 26.5. The van der Waals surface area contributed by atoms with Gasteiger partial charge < -0.3 is 29.8 Å². The van der Waals surface area contributed by atoms with E-state index in [9.17, 15) is 9.59 Å². The van der Waals surface area contributed by atoms with Crippen LogP contribution < -0.4 is 15.8 Å². The summed E-state index contributed by atoms with van der Waals surface area (Å²) in [6, 6.07) is 18.4. The van der Waals surface area contributed by atoms with Crippen LogP contribution in [0.3, 0.4) is 0 Å². The lowest BCUT2D eigenvalue weighted by atomic mass is 10.1. The first-order chi connectivity index (χ1) is 22.3. The summed E-state index contributed by atoms with van der Waals surface area (Å²) in [5, 5.41) is 3.90. The predicted octanol–water partition coefficient (Wildman–Crippen LogP) is 4.87. The Kier molecular flexibility index (Phi) is 6.86. The molecule has 0 radical (unpaired) electrons. The summed E-state index contributed by atoms with van der Waals surface area (Å²) in [7, 11) is 3.65. The SMILES string of the molecule is COc1cc(C(=O)N2C[C@H]3CC[C@@H]2[C@@H]3N)cc2nc(-c3cc4ccc(-c5ccc(CNC(C)=O)cc5)nc4n3CC3CC3)n(C)c12. The Bertz CT molecular complexity index is 2010. The number of ether oxygens (including phenoxy) is 1. The average molecular weight is 618 g/mol. The van der Waals surface area contributed by atoms with Crippen molar-refractivity contribution in [3.05, 3.63) is 65.7 Å². The van der Waals surface area contributed by atoms with Gasteiger partial charge in [-0.1, -0.05) is 24.3 Å². The number of nitrogens with two attached hydrogens (primary N) is 1. The van der Waals surface area contributed by atoms with Gasteiger partial charge in [0.25, 0.3) is 5.91 Å². The molecule has 3 N–H and O–H groups in total. The summed E-state index contributed by atoms with van der Waals surface area (Å²) in [6.07, 6.45) is 4.48. The van der Waals surface area contributed by atoms with Crippen LogP contribution in [0, 0.1) is 11.8 Å². The monoisotopic (exact) mass is 617 g/mol. The van der Waals surface area contributed by atoms with Gasteiger partial charge in [0.15, 0.2) is 5.82 Å². The van der Waals surface area contributed by atoms with E-state index in [0.29, 0.717) is 29.7 Å². The molecule has 3 atom stereocenters. The predicted molar refractivity (Wildman–Crippen MR) is 177 cm³/mol. The summed E-state index contributed by atoms with van der Waals surface area (Å²) in [4.78, 5) is 37.3. The Morgan fingerprint density at radius 3 is 2.50 bits per heavy atom. The van der Waals surface area contributed by atoms with Gasteiger partial charge in [-0.3, -0.25) is 9.59 Å². The number of methoxy groups -OCH3 is 1. The lowest BCUT2D eigenvalue weighted by Gasteiger charge is -2.27. The average Bonchev–Trinajstić information content (AvgIpc) is 3.47. The van der Waals surface area contributed by atoms with Gasteiger partial charge in [-0.2, -0.15) is 0 Å². The van der Waals surface area contributed by atoms with Gasteiger partial charge in [0.1, 0.15) is 16.9 Å². The van der Waals surface area contributed by atoms with E-state index < -0.39 is 0 Å². The second-order valence-electron chi connectivity index (χ2n) is 13.3. The normalized spacial score (nSPS) is 20.6. The second-order valence-corrected chi connectivity index (χ2v) is 13.3. The largest absolute Gasteiger partial charge is 0.494 e. The van der Waals surface area contributed by atoms with Gasteiger partial charge in [0.05, 0.1) is 24.0 Å². The molecule has 236 valence electrons. The quantitative estimate of drug-likeness (QED) is 0.256. The van der Waals surface area contributed by atoms with Crippen LogP contribution in [-0.4, -0.2) is 61.6 Å². The van der Waals surface area contributed by atoms with E-state index in [4.69, 9.17) is 20.4 Å². The second kappa shape index (κ2) is 11.0. The highest BCUT2D eigenvalue weighted by Crippen LogP contribution is 2.40. The molecule has 2 aliphatic carbocycles. The number of benzene rings is 2. The molecule has 0 unspecified atom stereocenters. The number of nitrogens with one attached hydrogen (secondary N) is 1. The minimum atomic E-state index is -0.0460. The molecule has 4 heterocycles. The molecule has 2 amide bonds. The van der Waals surface area contributed by atoms with E-state index in [1.165, 1.54) is 19.8 Å².